The Hall–Kier alpha value is -3.39. The summed E-state index contributed by atoms with van der Waals surface area (Å²) in [4.78, 5) is 23.8. The average Bonchev–Trinajstić information content (AvgIpc) is 3.49. The van der Waals surface area contributed by atoms with Crippen molar-refractivity contribution >= 4 is 17.9 Å². The van der Waals surface area contributed by atoms with Crippen LogP contribution >= 0.6 is 0 Å². The Labute approximate surface area is 152 Å². The van der Waals surface area contributed by atoms with Crippen LogP contribution in [0, 0.1) is 11.3 Å². The molecule has 0 aliphatic heterocycles. The fourth-order valence-corrected chi connectivity index (χ4v) is 2.36. The van der Waals surface area contributed by atoms with Crippen LogP contribution in [-0.2, 0) is 11.3 Å². The SMILES string of the molecule is N#Cc1ccc(CNC(=O)/C=C/c2ccc(C(=O)NC3CC3)cc2)cc1. The molecule has 1 aliphatic carbocycles. The zero-order valence-electron chi connectivity index (χ0n) is 14.2. The number of carbonyl (C=O) groups excluding carboxylic acids is 2. The molecule has 130 valence electrons. The van der Waals surface area contributed by atoms with Gasteiger partial charge in [-0.05, 0) is 54.3 Å². The Bertz CT molecular complexity index is 858. The molecular weight excluding hydrogens is 326 g/mol. The minimum atomic E-state index is -0.204. The zero-order chi connectivity index (χ0) is 18.4. The molecule has 1 aliphatic rings. The van der Waals surface area contributed by atoms with Crippen LogP contribution in [0.3, 0.4) is 0 Å². The lowest BCUT2D eigenvalue weighted by atomic mass is 10.1. The van der Waals surface area contributed by atoms with Gasteiger partial charge in [-0.2, -0.15) is 5.26 Å². The number of nitrogens with one attached hydrogen (secondary N) is 2. The summed E-state index contributed by atoms with van der Waals surface area (Å²) in [6.07, 6.45) is 5.29. The molecule has 0 bridgehead atoms. The normalized spacial score (nSPS) is 13.2. The van der Waals surface area contributed by atoms with Crippen LogP contribution in [0.1, 0.15) is 39.9 Å². The average molecular weight is 345 g/mol. The van der Waals surface area contributed by atoms with Gasteiger partial charge in [-0.25, -0.2) is 0 Å². The van der Waals surface area contributed by atoms with Crippen molar-refractivity contribution in [1.82, 2.24) is 10.6 Å². The summed E-state index contributed by atoms with van der Waals surface area (Å²) in [5.41, 5.74) is 2.99. The highest BCUT2D eigenvalue weighted by atomic mass is 16.2. The molecule has 0 unspecified atom stereocenters. The minimum Gasteiger partial charge on any atom is -0.349 e. The maximum atomic E-state index is 11.9. The number of amides is 2. The van der Waals surface area contributed by atoms with E-state index in [9.17, 15) is 9.59 Å². The number of nitrogens with zero attached hydrogens (tertiary/aromatic N) is 1. The predicted molar refractivity (Wildman–Crippen MR) is 99.0 cm³/mol. The molecule has 0 heterocycles. The van der Waals surface area contributed by atoms with Crippen molar-refractivity contribution in [3.63, 3.8) is 0 Å². The lowest BCUT2D eigenvalue weighted by Gasteiger charge is -2.04. The van der Waals surface area contributed by atoms with Crippen LogP contribution in [0.2, 0.25) is 0 Å². The fourth-order valence-electron chi connectivity index (χ4n) is 2.36. The molecule has 5 nitrogen and oxygen atoms in total. The van der Waals surface area contributed by atoms with Crippen molar-refractivity contribution in [3.05, 3.63) is 76.9 Å². The van der Waals surface area contributed by atoms with E-state index in [1.807, 2.05) is 24.3 Å². The Morgan fingerprint density at radius 1 is 1.08 bits per heavy atom. The number of carbonyl (C=O) groups is 2. The van der Waals surface area contributed by atoms with E-state index in [0.29, 0.717) is 23.7 Å². The predicted octanol–water partition coefficient (Wildman–Crippen LogP) is 2.78. The number of nitriles is 1. The number of hydrogen-bond donors (Lipinski definition) is 2. The van der Waals surface area contributed by atoms with Crippen molar-refractivity contribution in [2.24, 2.45) is 0 Å². The summed E-state index contributed by atoms with van der Waals surface area (Å²) >= 11 is 0. The highest BCUT2D eigenvalue weighted by Crippen LogP contribution is 2.19. The Kier molecular flexibility index (Phi) is 5.45. The third-order valence-electron chi connectivity index (χ3n) is 4.06. The largest absolute Gasteiger partial charge is 0.349 e. The molecule has 3 rings (SSSR count). The third kappa shape index (κ3) is 5.05. The lowest BCUT2D eigenvalue weighted by Crippen LogP contribution is -2.25. The van der Waals surface area contributed by atoms with E-state index in [1.54, 1.807) is 30.3 Å². The van der Waals surface area contributed by atoms with Crippen molar-refractivity contribution in [1.29, 1.82) is 5.26 Å². The number of rotatable bonds is 6. The van der Waals surface area contributed by atoms with E-state index < -0.39 is 0 Å². The summed E-state index contributed by atoms with van der Waals surface area (Å²) < 4.78 is 0. The van der Waals surface area contributed by atoms with Gasteiger partial charge in [0, 0.05) is 24.2 Å². The van der Waals surface area contributed by atoms with E-state index in [0.717, 1.165) is 24.0 Å². The Morgan fingerprint density at radius 2 is 1.77 bits per heavy atom. The molecule has 1 fully saturated rings. The van der Waals surface area contributed by atoms with Gasteiger partial charge < -0.3 is 10.6 Å². The van der Waals surface area contributed by atoms with Crippen molar-refractivity contribution < 1.29 is 9.59 Å². The summed E-state index contributed by atoms with van der Waals surface area (Å²) in [5.74, 6) is -0.256. The first-order chi connectivity index (χ1) is 12.6. The van der Waals surface area contributed by atoms with E-state index in [4.69, 9.17) is 5.26 Å². The highest BCUT2D eigenvalue weighted by Gasteiger charge is 2.23. The van der Waals surface area contributed by atoms with Gasteiger partial charge in [-0.1, -0.05) is 24.3 Å². The monoisotopic (exact) mass is 345 g/mol. The molecule has 26 heavy (non-hydrogen) atoms. The fraction of sp³-hybridized carbons (Fsp3) is 0.190. The molecule has 0 spiro atoms. The van der Waals surface area contributed by atoms with E-state index >= 15 is 0 Å². The molecular formula is C21H19N3O2. The molecule has 2 aromatic carbocycles. The number of benzene rings is 2. The molecule has 2 aromatic rings. The number of hydrogen-bond acceptors (Lipinski definition) is 3. The summed E-state index contributed by atoms with van der Waals surface area (Å²) in [7, 11) is 0. The van der Waals surface area contributed by atoms with Crippen LogP contribution in [-0.4, -0.2) is 17.9 Å². The Morgan fingerprint density at radius 3 is 2.38 bits per heavy atom. The second-order valence-electron chi connectivity index (χ2n) is 6.23. The Balaban J connectivity index is 1.49. The molecule has 2 amide bonds. The van der Waals surface area contributed by atoms with Crippen LogP contribution in [0.4, 0.5) is 0 Å². The first kappa shape index (κ1) is 17.4. The maximum Gasteiger partial charge on any atom is 0.251 e. The smallest absolute Gasteiger partial charge is 0.251 e. The van der Waals surface area contributed by atoms with E-state index in [1.165, 1.54) is 6.08 Å². The molecule has 0 aromatic heterocycles. The van der Waals surface area contributed by atoms with E-state index in [2.05, 4.69) is 16.7 Å². The summed E-state index contributed by atoms with van der Waals surface area (Å²) in [6, 6.07) is 16.6. The minimum absolute atomic E-state index is 0.0526. The zero-order valence-corrected chi connectivity index (χ0v) is 14.2. The van der Waals surface area contributed by atoms with E-state index in [-0.39, 0.29) is 11.8 Å². The first-order valence-corrected chi connectivity index (χ1v) is 8.50. The first-order valence-electron chi connectivity index (χ1n) is 8.50. The van der Waals surface area contributed by atoms with Gasteiger partial charge in [0.25, 0.3) is 5.91 Å². The van der Waals surface area contributed by atoms with Gasteiger partial charge in [0.2, 0.25) is 5.91 Å². The highest BCUT2D eigenvalue weighted by molar-refractivity contribution is 5.95. The van der Waals surface area contributed by atoms with Crippen molar-refractivity contribution in [2.45, 2.75) is 25.4 Å². The summed E-state index contributed by atoms with van der Waals surface area (Å²) in [6.45, 7) is 0.398. The molecule has 0 atom stereocenters. The molecule has 0 saturated heterocycles. The molecule has 5 heteroatoms. The second kappa shape index (κ2) is 8.13. The summed E-state index contributed by atoms with van der Waals surface area (Å²) in [5, 5.41) is 14.5. The molecule has 2 N–H and O–H groups in total. The van der Waals surface area contributed by atoms with Crippen molar-refractivity contribution in [2.75, 3.05) is 0 Å². The van der Waals surface area contributed by atoms with Crippen LogP contribution in [0.15, 0.2) is 54.6 Å². The quantitative estimate of drug-likeness (QED) is 0.790. The topological polar surface area (TPSA) is 82.0 Å². The third-order valence-corrected chi connectivity index (χ3v) is 4.06. The molecule has 1 saturated carbocycles. The van der Waals surface area contributed by atoms with Crippen LogP contribution in [0.25, 0.3) is 6.08 Å². The molecule has 0 radical (unpaired) electrons. The van der Waals surface area contributed by atoms with Crippen LogP contribution < -0.4 is 10.6 Å². The van der Waals surface area contributed by atoms with Gasteiger partial charge in [-0.15, -0.1) is 0 Å². The standard InChI is InChI=1S/C21H19N3O2/c22-13-16-1-3-17(4-2-16)14-23-20(25)12-7-15-5-8-18(9-6-15)21(26)24-19-10-11-19/h1-9,12,19H,10-11,14H2,(H,23,25)(H,24,26)/b12-7+. The van der Waals surface area contributed by atoms with Crippen LogP contribution in [0.5, 0.6) is 0 Å². The van der Waals surface area contributed by atoms with Gasteiger partial charge in [0.1, 0.15) is 0 Å². The van der Waals surface area contributed by atoms with Gasteiger partial charge in [0.15, 0.2) is 0 Å². The second-order valence-corrected chi connectivity index (χ2v) is 6.23. The van der Waals surface area contributed by atoms with Gasteiger partial charge in [-0.3, -0.25) is 9.59 Å². The van der Waals surface area contributed by atoms with Gasteiger partial charge >= 0.3 is 0 Å². The maximum absolute atomic E-state index is 11.9. The van der Waals surface area contributed by atoms with Gasteiger partial charge in [0.05, 0.1) is 11.6 Å². The lowest BCUT2D eigenvalue weighted by molar-refractivity contribution is -0.116. The van der Waals surface area contributed by atoms with Crippen molar-refractivity contribution in [3.8, 4) is 6.07 Å².